The zero-order valence-corrected chi connectivity index (χ0v) is 21.2. The van der Waals surface area contributed by atoms with Gasteiger partial charge in [0.25, 0.3) is 5.91 Å². The van der Waals surface area contributed by atoms with Crippen molar-refractivity contribution in [1.82, 2.24) is 19.6 Å². The van der Waals surface area contributed by atoms with Crippen LogP contribution >= 0.6 is 12.4 Å². The molecule has 2 saturated heterocycles. The van der Waals surface area contributed by atoms with Crippen molar-refractivity contribution < 1.29 is 18.0 Å². The highest BCUT2D eigenvalue weighted by Gasteiger charge is 2.40. The van der Waals surface area contributed by atoms with E-state index in [-0.39, 0.29) is 24.2 Å². The Morgan fingerprint density at radius 2 is 1.67 bits per heavy atom. The Morgan fingerprint density at radius 3 is 2.33 bits per heavy atom. The Kier molecular flexibility index (Phi) is 7.11. The molecule has 0 unspecified atom stereocenters. The lowest BCUT2D eigenvalue weighted by Crippen LogP contribution is -2.36. The maximum absolute atomic E-state index is 13.6. The zero-order chi connectivity index (χ0) is 24.2. The number of rotatable bonds is 6. The molecule has 4 fully saturated rings. The highest BCUT2D eigenvalue weighted by atomic mass is 35.5. The summed E-state index contributed by atoms with van der Waals surface area (Å²) in [5.74, 6) is 0.906. The minimum atomic E-state index is -4.39. The first-order valence-electron chi connectivity index (χ1n) is 13.1. The van der Waals surface area contributed by atoms with Gasteiger partial charge in [-0.25, -0.2) is 0 Å². The highest BCUT2D eigenvalue weighted by Crippen LogP contribution is 2.44. The van der Waals surface area contributed by atoms with Crippen molar-refractivity contribution in [2.75, 3.05) is 32.7 Å². The summed E-state index contributed by atoms with van der Waals surface area (Å²) in [5, 5.41) is 4.72. The van der Waals surface area contributed by atoms with Crippen molar-refractivity contribution in [1.29, 1.82) is 0 Å². The number of hydrogen-bond donors (Lipinski definition) is 0. The molecule has 2 aliphatic heterocycles. The van der Waals surface area contributed by atoms with E-state index in [1.807, 2.05) is 0 Å². The lowest BCUT2D eigenvalue weighted by atomic mass is 9.93. The smallest absolute Gasteiger partial charge is 0.338 e. The molecular weight excluding hydrogens is 489 g/mol. The van der Waals surface area contributed by atoms with Crippen LogP contribution in [0.25, 0.3) is 0 Å². The SMILES string of the molecule is Cl.O=C(c1cnn(C2CCN(CC3CC3)CC2)c1C1CC1)N1CC[C@@H](c2ccccc2C(F)(F)F)C1. The van der Waals surface area contributed by atoms with Gasteiger partial charge in [-0.3, -0.25) is 9.48 Å². The van der Waals surface area contributed by atoms with Crippen molar-refractivity contribution in [3.8, 4) is 0 Å². The molecule has 1 amide bonds. The third-order valence-electron chi connectivity index (χ3n) is 8.33. The van der Waals surface area contributed by atoms with Gasteiger partial charge in [0.2, 0.25) is 0 Å². The molecule has 5 nitrogen and oxygen atoms in total. The van der Waals surface area contributed by atoms with Crippen LogP contribution in [0.2, 0.25) is 0 Å². The molecule has 3 heterocycles. The molecule has 2 saturated carbocycles. The number of carbonyl (C=O) groups is 1. The molecule has 0 spiro atoms. The van der Waals surface area contributed by atoms with E-state index in [0.29, 0.717) is 42.6 Å². The maximum atomic E-state index is 13.6. The first-order chi connectivity index (χ1) is 16.9. The van der Waals surface area contributed by atoms with Gasteiger partial charge in [-0.2, -0.15) is 18.3 Å². The number of likely N-dealkylation sites (tertiary alicyclic amines) is 2. The number of halogens is 4. The second-order valence-electron chi connectivity index (χ2n) is 11.0. The van der Waals surface area contributed by atoms with Crippen LogP contribution in [-0.4, -0.2) is 58.2 Å². The van der Waals surface area contributed by atoms with Crippen molar-refractivity contribution in [3.05, 3.63) is 52.8 Å². The van der Waals surface area contributed by atoms with Gasteiger partial charge in [0.05, 0.1) is 29.1 Å². The standard InChI is InChI=1S/C27H33F3N4O.ClH/c28-27(29,30)24-4-2-1-3-22(24)20-9-14-33(17-20)26(35)23-15-31-34(25(23)19-7-8-19)21-10-12-32(13-11-21)16-18-5-6-18;/h1-4,15,18-21H,5-14,16-17H2;1H/t20-;/m1./s1. The quantitative estimate of drug-likeness (QED) is 0.476. The Labute approximate surface area is 216 Å². The fourth-order valence-corrected chi connectivity index (χ4v) is 6.08. The van der Waals surface area contributed by atoms with Crippen molar-refractivity contribution >= 4 is 18.3 Å². The summed E-state index contributed by atoms with van der Waals surface area (Å²) in [6.45, 7) is 4.19. The largest absolute Gasteiger partial charge is 0.416 e. The number of amides is 1. The van der Waals surface area contributed by atoms with Crippen LogP contribution in [0.15, 0.2) is 30.5 Å². The van der Waals surface area contributed by atoms with E-state index < -0.39 is 11.7 Å². The third-order valence-corrected chi connectivity index (χ3v) is 8.33. The van der Waals surface area contributed by atoms with Crippen molar-refractivity contribution in [2.24, 2.45) is 5.92 Å². The van der Waals surface area contributed by atoms with Gasteiger partial charge >= 0.3 is 6.18 Å². The van der Waals surface area contributed by atoms with E-state index in [0.717, 1.165) is 56.5 Å². The van der Waals surface area contributed by atoms with Crippen LogP contribution in [0.4, 0.5) is 13.2 Å². The first kappa shape index (κ1) is 25.6. The van der Waals surface area contributed by atoms with Crippen LogP contribution in [0, 0.1) is 5.92 Å². The van der Waals surface area contributed by atoms with E-state index in [9.17, 15) is 18.0 Å². The topological polar surface area (TPSA) is 41.4 Å². The van der Waals surface area contributed by atoms with E-state index in [2.05, 4.69) is 9.58 Å². The average Bonchev–Trinajstić information content (AvgIpc) is 3.77. The van der Waals surface area contributed by atoms with Crippen LogP contribution in [0.5, 0.6) is 0 Å². The molecule has 0 N–H and O–H groups in total. The fourth-order valence-electron chi connectivity index (χ4n) is 6.08. The summed E-state index contributed by atoms with van der Waals surface area (Å²) >= 11 is 0. The third kappa shape index (κ3) is 5.17. The Morgan fingerprint density at radius 1 is 0.944 bits per heavy atom. The van der Waals surface area contributed by atoms with E-state index in [1.54, 1.807) is 23.2 Å². The fraction of sp³-hybridized carbons (Fsp3) is 0.630. The summed E-state index contributed by atoms with van der Waals surface area (Å²) in [6, 6.07) is 6.11. The number of hydrogen-bond acceptors (Lipinski definition) is 3. The van der Waals surface area contributed by atoms with E-state index >= 15 is 0 Å². The van der Waals surface area contributed by atoms with Crippen molar-refractivity contribution in [3.63, 3.8) is 0 Å². The van der Waals surface area contributed by atoms with Gasteiger partial charge in [-0.1, -0.05) is 18.2 Å². The monoisotopic (exact) mass is 522 g/mol. The molecule has 1 atom stereocenters. The molecule has 36 heavy (non-hydrogen) atoms. The second kappa shape index (κ2) is 10.0. The maximum Gasteiger partial charge on any atom is 0.416 e. The molecule has 4 aliphatic rings. The van der Waals surface area contributed by atoms with Crippen LogP contribution in [0.3, 0.4) is 0 Å². The number of alkyl halides is 3. The average molecular weight is 523 g/mol. The predicted octanol–water partition coefficient (Wildman–Crippen LogP) is 5.88. The number of carbonyl (C=O) groups excluding carboxylic acids is 1. The Bertz CT molecular complexity index is 1090. The van der Waals surface area contributed by atoms with Gasteiger partial charge in [0, 0.05) is 44.6 Å². The summed E-state index contributed by atoms with van der Waals surface area (Å²) in [7, 11) is 0. The predicted molar refractivity (Wildman–Crippen MR) is 134 cm³/mol. The number of aromatic nitrogens is 2. The van der Waals surface area contributed by atoms with E-state index in [4.69, 9.17) is 5.10 Å². The normalized spacial score (nSPS) is 23.6. The van der Waals surface area contributed by atoms with Gasteiger partial charge in [0.15, 0.2) is 0 Å². The molecule has 2 aromatic rings. The minimum absolute atomic E-state index is 0. The molecule has 6 rings (SSSR count). The summed E-state index contributed by atoms with van der Waals surface area (Å²) in [6.07, 6.45) is 4.90. The lowest BCUT2D eigenvalue weighted by Gasteiger charge is -2.33. The first-order valence-corrected chi connectivity index (χ1v) is 13.1. The summed E-state index contributed by atoms with van der Waals surface area (Å²) in [5.41, 5.74) is 1.44. The number of benzene rings is 1. The van der Waals surface area contributed by atoms with Gasteiger partial charge in [-0.05, 0) is 62.5 Å². The van der Waals surface area contributed by atoms with Crippen LogP contribution < -0.4 is 0 Å². The Hall–Kier alpha value is -2.06. The molecule has 196 valence electrons. The highest BCUT2D eigenvalue weighted by molar-refractivity contribution is 5.95. The van der Waals surface area contributed by atoms with Crippen LogP contribution in [0.1, 0.15) is 90.0 Å². The molecule has 0 bridgehead atoms. The number of piperidine rings is 1. The molecular formula is C27H34ClF3N4O. The van der Waals surface area contributed by atoms with Gasteiger partial charge < -0.3 is 9.80 Å². The van der Waals surface area contributed by atoms with Crippen LogP contribution in [-0.2, 0) is 6.18 Å². The molecule has 1 aromatic carbocycles. The number of nitrogens with zero attached hydrogens (tertiary/aromatic N) is 4. The molecule has 9 heteroatoms. The summed E-state index contributed by atoms with van der Waals surface area (Å²) in [4.78, 5) is 17.9. The lowest BCUT2D eigenvalue weighted by molar-refractivity contribution is -0.138. The molecule has 0 radical (unpaired) electrons. The van der Waals surface area contributed by atoms with E-state index in [1.165, 1.54) is 25.5 Å². The van der Waals surface area contributed by atoms with Crippen molar-refractivity contribution in [2.45, 2.75) is 69.0 Å². The second-order valence-corrected chi connectivity index (χ2v) is 11.0. The van der Waals surface area contributed by atoms with Gasteiger partial charge in [0.1, 0.15) is 0 Å². The Balaban J connectivity index is 0.00000267. The van der Waals surface area contributed by atoms with Gasteiger partial charge in [-0.15, -0.1) is 12.4 Å². The molecule has 2 aliphatic carbocycles. The molecule has 1 aromatic heterocycles. The zero-order valence-electron chi connectivity index (χ0n) is 20.4. The summed E-state index contributed by atoms with van der Waals surface area (Å²) < 4.78 is 42.8. The minimum Gasteiger partial charge on any atom is -0.338 e.